The van der Waals surface area contributed by atoms with Gasteiger partial charge in [-0.3, -0.25) is 9.59 Å². The highest BCUT2D eigenvalue weighted by atomic mass is 16.5. The fourth-order valence-electron chi connectivity index (χ4n) is 1.45. The Hall–Kier alpha value is -1.72. The Kier molecular flexibility index (Phi) is 6.04. The quantitative estimate of drug-likeness (QED) is 0.674. The second-order valence-corrected chi connectivity index (χ2v) is 3.97. The van der Waals surface area contributed by atoms with E-state index in [-0.39, 0.29) is 13.0 Å². The summed E-state index contributed by atoms with van der Waals surface area (Å²) in [5.41, 5.74) is 0.974. The van der Waals surface area contributed by atoms with Crippen LogP contribution < -0.4 is 0 Å². The predicted molar refractivity (Wildman–Crippen MR) is 64.0 cm³/mol. The molecule has 0 amide bonds. The van der Waals surface area contributed by atoms with Gasteiger partial charge in [-0.1, -0.05) is 30.3 Å². The number of rotatable bonds is 8. The number of aliphatic hydroxyl groups excluding tert-OH is 1. The van der Waals surface area contributed by atoms with Gasteiger partial charge in [-0.05, 0) is 5.56 Å². The number of hydrogen-bond donors (Lipinski definition) is 2. The Morgan fingerprint density at radius 3 is 2.50 bits per heavy atom. The number of carboxylic acid groups (broad SMARTS) is 1. The highest BCUT2D eigenvalue weighted by molar-refractivity contribution is 5.94. The highest BCUT2D eigenvalue weighted by Crippen LogP contribution is 2.03. The molecule has 98 valence electrons. The molecule has 0 aliphatic heterocycles. The average molecular weight is 252 g/mol. The fourth-order valence-corrected chi connectivity index (χ4v) is 1.45. The molecular formula is C13H16O5. The number of aliphatic carboxylic acids is 1. The summed E-state index contributed by atoms with van der Waals surface area (Å²) in [6, 6.07) is 9.43. The van der Waals surface area contributed by atoms with E-state index in [1.807, 2.05) is 30.3 Å². The van der Waals surface area contributed by atoms with E-state index in [4.69, 9.17) is 9.84 Å². The van der Waals surface area contributed by atoms with Gasteiger partial charge in [0.1, 0.15) is 12.2 Å². The maximum Gasteiger partial charge on any atom is 0.310 e. The molecule has 5 nitrogen and oxygen atoms in total. The van der Waals surface area contributed by atoms with Crippen LogP contribution in [0.5, 0.6) is 0 Å². The van der Waals surface area contributed by atoms with Crippen molar-refractivity contribution < 1.29 is 24.5 Å². The van der Waals surface area contributed by atoms with Crippen molar-refractivity contribution >= 4 is 11.8 Å². The van der Waals surface area contributed by atoms with E-state index >= 15 is 0 Å². The molecule has 1 rings (SSSR count). The van der Waals surface area contributed by atoms with Gasteiger partial charge >= 0.3 is 5.97 Å². The monoisotopic (exact) mass is 252 g/mol. The summed E-state index contributed by atoms with van der Waals surface area (Å²) in [5, 5.41) is 17.9. The summed E-state index contributed by atoms with van der Waals surface area (Å²) < 4.78 is 5.24. The minimum Gasteiger partial charge on any atom is -0.481 e. The fraction of sp³-hybridized carbons (Fsp3) is 0.385. The van der Waals surface area contributed by atoms with Gasteiger partial charge in [-0.15, -0.1) is 0 Å². The third-order valence-corrected chi connectivity index (χ3v) is 2.23. The van der Waals surface area contributed by atoms with Gasteiger partial charge in [0.15, 0.2) is 0 Å². The van der Waals surface area contributed by atoms with Crippen LogP contribution in [0.25, 0.3) is 0 Å². The number of carbonyl (C=O) groups excluding carboxylic acids is 1. The number of ether oxygens (including phenoxy) is 1. The van der Waals surface area contributed by atoms with Crippen LogP contribution in [0.1, 0.15) is 18.4 Å². The maximum absolute atomic E-state index is 11.1. The number of Topliss-reactive ketones (excluding diaryl/α,β-unsaturated/α-hetero) is 1. The molecule has 0 radical (unpaired) electrons. The molecule has 0 saturated heterocycles. The number of benzene rings is 1. The lowest BCUT2D eigenvalue weighted by molar-refractivity contribution is -0.140. The van der Waals surface area contributed by atoms with E-state index in [1.165, 1.54) is 0 Å². The van der Waals surface area contributed by atoms with Crippen LogP contribution >= 0.6 is 0 Å². The second kappa shape index (κ2) is 7.58. The Bertz CT molecular complexity index is 388. The topological polar surface area (TPSA) is 83.8 Å². The van der Waals surface area contributed by atoms with E-state index < -0.39 is 24.3 Å². The lowest BCUT2D eigenvalue weighted by atomic mass is 10.1. The van der Waals surface area contributed by atoms with Gasteiger partial charge in [0, 0.05) is 6.42 Å². The number of ketones is 1. The molecule has 2 N–H and O–H groups in total. The first kappa shape index (κ1) is 14.3. The molecule has 0 aliphatic carbocycles. The zero-order chi connectivity index (χ0) is 13.4. The number of hydrogen-bond acceptors (Lipinski definition) is 4. The molecular weight excluding hydrogens is 236 g/mol. The standard InChI is InChI=1S/C13H16O5/c14-11(7-13(16)17)6-12(15)9-18-8-10-4-2-1-3-5-10/h1-5,12,15H,6-9H2,(H,16,17). The van der Waals surface area contributed by atoms with Crippen LogP contribution in [-0.2, 0) is 20.9 Å². The Balaban J connectivity index is 2.19. The van der Waals surface area contributed by atoms with Crippen LogP contribution in [0.2, 0.25) is 0 Å². The summed E-state index contributed by atoms with van der Waals surface area (Å²) in [5.74, 6) is -1.68. The predicted octanol–water partition coefficient (Wildman–Crippen LogP) is 0.998. The summed E-state index contributed by atoms with van der Waals surface area (Å²) >= 11 is 0. The number of carboxylic acids is 1. The van der Waals surface area contributed by atoms with E-state index in [9.17, 15) is 14.7 Å². The van der Waals surface area contributed by atoms with Crippen LogP contribution in [0, 0.1) is 0 Å². The highest BCUT2D eigenvalue weighted by Gasteiger charge is 2.13. The van der Waals surface area contributed by atoms with Crippen molar-refractivity contribution in [3.05, 3.63) is 35.9 Å². The largest absolute Gasteiger partial charge is 0.481 e. The smallest absolute Gasteiger partial charge is 0.310 e. The molecule has 0 aliphatic rings. The van der Waals surface area contributed by atoms with E-state index in [0.717, 1.165) is 5.56 Å². The van der Waals surface area contributed by atoms with Crippen molar-refractivity contribution in [2.45, 2.75) is 25.6 Å². The zero-order valence-electron chi connectivity index (χ0n) is 9.91. The van der Waals surface area contributed by atoms with Gasteiger partial charge in [0.25, 0.3) is 0 Å². The summed E-state index contributed by atoms with van der Waals surface area (Å²) in [6.45, 7) is 0.366. The molecule has 0 saturated carbocycles. The molecule has 1 atom stereocenters. The van der Waals surface area contributed by atoms with Crippen molar-refractivity contribution in [1.82, 2.24) is 0 Å². The molecule has 5 heteroatoms. The third-order valence-electron chi connectivity index (χ3n) is 2.23. The molecule has 0 heterocycles. The van der Waals surface area contributed by atoms with Crippen molar-refractivity contribution in [2.24, 2.45) is 0 Å². The van der Waals surface area contributed by atoms with Crippen molar-refractivity contribution in [3.63, 3.8) is 0 Å². The van der Waals surface area contributed by atoms with Gasteiger partial charge < -0.3 is 14.9 Å². The van der Waals surface area contributed by atoms with Crippen LogP contribution in [-0.4, -0.2) is 34.7 Å². The first-order valence-electron chi connectivity index (χ1n) is 5.61. The molecule has 1 aromatic rings. The molecule has 1 unspecified atom stereocenters. The minimum absolute atomic E-state index is 0.0141. The van der Waals surface area contributed by atoms with E-state index in [1.54, 1.807) is 0 Å². The molecule has 18 heavy (non-hydrogen) atoms. The average Bonchev–Trinajstić information content (AvgIpc) is 2.29. The second-order valence-electron chi connectivity index (χ2n) is 3.97. The Morgan fingerprint density at radius 2 is 1.89 bits per heavy atom. The summed E-state index contributed by atoms with van der Waals surface area (Å²) in [6.07, 6.45) is -1.71. The molecule has 0 bridgehead atoms. The third kappa shape index (κ3) is 6.12. The Morgan fingerprint density at radius 1 is 1.22 bits per heavy atom. The van der Waals surface area contributed by atoms with Gasteiger partial charge in [-0.25, -0.2) is 0 Å². The van der Waals surface area contributed by atoms with Crippen LogP contribution in [0.3, 0.4) is 0 Å². The maximum atomic E-state index is 11.1. The number of aliphatic hydroxyl groups is 1. The zero-order valence-corrected chi connectivity index (χ0v) is 9.91. The van der Waals surface area contributed by atoms with Crippen LogP contribution in [0.4, 0.5) is 0 Å². The van der Waals surface area contributed by atoms with Crippen molar-refractivity contribution in [1.29, 1.82) is 0 Å². The molecule has 0 aromatic heterocycles. The van der Waals surface area contributed by atoms with Gasteiger partial charge in [0.05, 0.1) is 19.3 Å². The molecule has 0 fully saturated rings. The van der Waals surface area contributed by atoms with Gasteiger partial charge in [-0.2, -0.15) is 0 Å². The SMILES string of the molecule is O=C(O)CC(=O)CC(O)COCc1ccccc1. The first-order chi connectivity index (χ1) is 8.58. The minimum atomic E-state index is -1.18. The summed E-state index contributed by atoms with van der Waals surface area (Å²) in [4.78, 5) is 21.4. The van der Waals surface area contributed by atoms with Gasteiger partial charge in [0.2, 0.25) is 0 Å². The van der Waals surface area contributed by atoms with E-state index in [0.29, 0.717) is 6.61 Å². The van der Waals surface area contributed by atoms with Crippen molar-refractivity contribution in [2.75, 3.05) is 6.61 Å². The molecule has 0 spiro atoms. The first-order valence-corrected chi connectivity index (χ1v) is 5.61. The lowest BCUT2D eigenvalue weighted by Crippen LogP contribution is -2.21. The summed E-state index contributed by atoms with van der Waals surface area (Å²) in [7, 11) is 0. The van der Waals surface area contributed by atoms with E-state index in [2.05, 4.69) is 0 Å². The lowest BCUT2D eigenvalue weighted by Gasteiger charge is -2.10. The number of carbonyl (C=O) groups is 2. The molecule has 1 aromatic carbocycles. The Labute approximate surface area is 105 Å². The normalized spacial score (nSPS) is 12.1. The van der Waals surface area contributed by atoms with Crippen molar-refractivity contribution in [3.8, 4) is 0 Å². The van der Waals surface area contributed by atoms with Crippen LogP contribution in [0.15, 0.2) is 30.3 Å².